The highest BCUT2D eigenvalue weighted by molar-refractivity contribution is 8.15. The van der Waals surface area contributed by atoms with Gasteiger partial charge in [-0.3, -0.25) is 14.6 Å². The number of hydrogen-bond donors (Lipinski definition) is 1. The van der Waals surface area contributed by atoms with Gasteiger partial charge >= 0.3 is 0 Å². The number of benzene rings is 2. The van der Waals surface area contributed by atoms with Gasteiger partial charge in [0.2, 0.25) is 5.91 Å². The number of rotatable bonds is 5. The Balaban J connectivity index is 1.64. The van der Waals surface area contributed by atoms with E-state index in [9.17, 15) is 9.59 Å². The fourth-order valence-electron chi connectivity index (χ4n) is 3.48. The van der Waals surface area contributed by atoms with E-state index in [0.717, 1.165) is 16.9 Å². The number of nitrogens with one attached hydrogen (secondary N) is 1. The van der Waals surface area contributed by atoms with Crippen LogP contribution in [0.4, 0.5) is 11.4 Å². The fraction of sp³-hybridized carbons (Fsp3) is 0.304. The molecule has 0 bridgehead atoms. The second-order valence-corrected chi connectivity index (χ2v) is 8.77. The van der Waals surface area contributed by atoms with Crippen LogP contribution in [0.2, 0.25) is 0 Å². The van der Waals surface area contributed by atoms with Crippen molar-refractivity contribution in [3.8, 4) is 0 Å². The molecule has 0 saturated heterocycles. The Bertz CT molecular complexity index is 1030. The quantitative estimate of drug-likeness (QED) is 0.776. The second kappa shape index (κ2) is 8.44. The zero-order valence-corrected chi connectivity index (χ0v) is 18.0. The second-order valence-electron chi connectivity index (χ2n) is 7.60. The molecule has 0 aromatic heterocycles. The molecule has 154 valence electrons. The summed E-state index contributed by atoms with van der Waals surface area (Å²) in [5.41, 5.74) is 2.36. The molecule has 0 fully saturated rings. The van der Waals surface area contributed by atoms with Crippen LogP contribution in [0, 0.1) is 5.92 Å². The van der Waals surface area contributed by atoms with Crippen LogP contribution in [0.25, 0.3) is 0 Å². The van der Waals surface area contributed by atoms with Gasteiger partial charge in [0.25, 0.3) is 5.91 Å². The highest BCUT2D eigenvalue weighted by atomic mass is 32.2. The lowest BCUT2D eigenvalue weighted by Crippen LogP contribution is -2.43. The van der Waals surface area contributed by atoms with Gasteiger partial charge in [-0.15, -0.1) is 0 Å². The summed E-state index contributed by atoms with van der Waals surface area (Å²) in [6.07, 6.45) is 0.603. The molecule has 2 aliphatic heterocycles. The number of fused-ring (bicyclic) bond motifs is 3. The molecule has 0 spiro atoms. The molecule has 0 aliphatic carbocycles. The van der Waals surface area contributed by atoms with Crippen LogP contribution in [0.5, 0.6) is 0 Å². The Morgan fingerprint density at radius 2 is 1.83 bits per heavy atom. The number of anilines is 1. The van der Waals surface area contributed by atoms with Crippen molar-refractivity contribution in [3.05, 3.63) is 60.2 Å². The predicted molar refractivity (Wildman–Crippen MR) is 122 cm³/mol. The van der Waals surface area contributed by atoms with Crippen LogP contribution >= 0.6 is 11.8 Å². The largest absolute Gasteiger partial charge is 0.325 e. The maximum absolute atomic E-state index is 13.1. The Labute approximate surface area is 180 Å². The third-order valence-corrected chi connectivity index (χ3v) is 6.40. The summed E-state index contributed by atoms with van der Waals surface area (Å²) in [5.74, 6) is 0.516. The molecular weight excluding hydrogens is 396 g/mol. The van der Waals surface area contributed by atoms with Crippen molar-refractivity contribution in [2.45, 2.75) is 38.5 Å². The molecule has 2 amide bonds. The van der Waals surface area contributed by atoms with Gasteiger partial charge in [0.15, 0.2) is 5.17 Å². The Kier molecular flexibility index (Phi) is 5.72. The van der Waals surface area contributed by atoms with Crippen molar-refractivity contribution >= 4 is 46.0 Å². The third-order valence-electron chi connectivity index (χ3n) is 5.08. The standard InChI is InChI=1S/C23H24N4O2S/c1-4-18(21(28)24-15-10-6-5-7-11-15)30-23-25-17-13-9-8-12-16(17)20-26-19(14(2)3)22(29)27(20)23/h5-14,18-19H,4H2,1-3H3,(H,24,28)/t18-,19+/m1/s1. The van der Waals surface area contributed by atoms with Crippen LogP contribution in [0.1, 0.15) is 32.8 Å². The first-order valence-electron chi connectivity index (χ1n) is 10.1. The van der Waals surface area contributed by atoms with Crippen LogP contribution in [-0.4, -0.2) is 39.0 Å². The Morgan fingerprint density at radius 3 is 2.53 bits per heavy atom. The van der Waals surface area contributed by atoms with Crippen molar-refractivity contribution in [2.75, 3.05) is 5.32 Å². The average Bonchev–Trinajstić information content (AvgIpc) is 3.10. The van der Waals surface area contributed by atoms with E-state index in [-0.39, 0.29) is 23.0 Å². The van der Waals surface area contributed by atoms with Crippen LogP contribution in [0.15, 0.2) is 64.6 Å². The summed E-state index contributed by atoms with van der Waals surface area (Å²) in [7, 11) is 0. The number of carbonyl (C=O) groups excluding carboxylic acids is 2. The van der Waals surface area contributed by atoms with Crippen LogP contribution < -0.4 is 5.32 Å². The van der Waals surface area contributed by atoms with Gasteiger partial charge in [0.1, 0.15) is 11.9 Å². The summed E-state index contributed by atoms with van der Waals surface area (Å²) in [6, 6.07) is 16.6. The Morgan fingerprint density at radius 1 is 1.13 bits per heavy atom. The molecule has 2 aliphatic rings. The molecular formula is C23H24N4O2S. The van der Waals surface area contributed by atoms with Crippen molar-refractivity contribution < 1.29 is 9.59 Å². The number of aliphatic imine (C=N–C) groups is 2. The molecule has 2 aromatic rings. The SMILES string of the molecule is CC[C@@H](SC1=Nc2ccccc2C2=N[C@@H](C(C)C)C(=O)N12)C(=O)Nc1ccccc1. The van der Waals surface area contributed by atoms with Gasteiger partial charge in [-0.2, -0.15) is 0 Å². The minimum absolute atomic E-state index is 0.0809. The van der Waals surface area contributed by atoms with E-state index >= 15 is 0 Å². The van der Waals surface area contributed by atoms with Gasteiger partial charge < -0.3 is 5.32 Å². The highest BCUT2D eigenvalue weighted by Gasteiger charge is 2.43. The summed E-state index contributed by atoms with van der Waals surface area (Å²) in [5, 5.41) is 3.07. The third kappa shape index (κ3) is 3.77. The first-order valence-corrected chi connectivity index (χ1v) is 11.0. The zero-order chi connectivity index (χ0) is 21.3. The number of thioether (sulfide) groups is 1. The van der Waals surface area contributed by atoms with Gasteiger partial charge in [0, 0.05) is 11.3 Å². The smallest absolute Gasteiger partial charge is 0.259 e. The lowest BCUT2D eigenvalue weighted by molar-refractivity contribution is -0.125. The number of nitrogens with zero attached hydrogens (tertiary/aromatic N) is 3. The minimum atomic E-state index is -0.435. The molecule has 4 rings (SSSR count). The monoisotopic (exact) mass is 420 g/mol. The zero-order valence-electron chi connectivity index (χ0n) is 17.2. The summed E-state index contributed by atoms with van der Waals surface area (Å²) in [6.45, 7) is 5.93. The molecule has 1 N–H and O–H groups in total. The van der Waals surface area contributed by atoms with Gasteiger partial charge in [-0.05, 0) is 36.6 Å². The van der Waals surface area contributed by atoms with E-state index in [1.807, 2.05) is 75.4 Å². The van der Waals surface area contributed by atoms with Crippen LogP contribution in [-0.2, 0) is 9.59 Å². The number of carbonyl (C=O) groups is 2. The number of para-hydroxylation sites is 2. The summed E-state index contributed by atoms with van der Waals surface area (Å²) < 4.78 is 0. The molecule has 7 heteroatoms. The molecule has 0 unspecified atom stereocenters. The lowest BCUT2D eigenvalue weighted by Gasteiger charge is -2.27. The fourth-order valence-corrected chi connectivity index (χ4v) is 4.50. The molecule has 2 aromatic carbocycles. The first kappa shape index (κ1) is 20.3. The van der Waals surface area contributed by atoms with E-state index in [2.05, 4.69) is 5.32 Å². The normalized spacial score (nSPS) is 18.5. The van der Waals surface area contributed by atoms with Crippen molar-refractivity contribution in [3.63, 3.8) is 0 Å². The highest BCUT2D eigenvalue weighted by Crippen LogP contribution is 2.36. The van der Waals surface area contributed by atoms with Crippen LogP contribution in [0.3, 0.4) is 0 Å². The maximum atomic E-state index is 13.1. The number of amidine groups is 2. The minimum Gasteiger partial charge on any atom is -0.325 e. The maximum Gasteiger partial charge on any atom is 0.259 e. The van der Waals surface area contributed by atoms with Gasteiger partial charge in [-0.25, -0.2) is 9.89 Å². The van der Waals surface area contributed by atoms with E-state index in [1.54, 1.807) is 4.90 Å². The van der Waals surface area contributed by atoms with Gasteiger partial charge in [0.05, 0.1) is 10.9 Å². The molecule has 2 heterocycles. The van der Waals surface area contributed by atoms with E-state index in [4.69, 9.17) is 9.98 Å². The summed E-state index contributed by atoms with van der Waals surface area (Å²) in [4.78, 5) is 37.1. The lowest BCUT2D eigenvalue weighted by atomic mass is 10.1. The first-order chi connectivity index (χ1) is 14.5. The molecule has 0 saturated carbocycles. The molecule has 6 nitrogen and oxygen atoms in total. The summed E-state index contributed by atoms with van der Waals surface area (Å²) >= 11 is 1.31. The average molecular weight is 421 g/mol. The number of amides is 2. The predicted octanol–water partition coefficient (Wildman–Crippen LogP) is 4.45. The molecule has 2 atom stereocenters. The Hall–Kier alpha value is -2.93. The van der Waals surface area contributed by atoms with E-state index in [1.165, 1.54) is 11.8 Å². The van der Waals surface area contributed by atoms with E-state index in [0.29, 0.717) is 17.4 Å². The van der Waals surface area contributed by atoms with Crippen molar-refractivity contribution in [1.82, 2.24) is 4.90 Å². The molecule has 0 radical (unpaired) electrons. The molecule has 30 heavy (non-hydrogen) atoms. The topological polar surface area (TPSA) is 74.1 Å². The number of hydrogen-bond acceptors (Lipinski definition) is 5. The van der Waals surface area contributed by atoms with Crippen molar-refractivity contribution in [2.24, 2.45) is 15.9 Å². The van der Waals surface area contributed by atoms with Crippen molar-refractivity contribution in [1.29, 1.82) is 0 Å². The van der Waals surface area contributed by atoms with E-state index < -0.39 is 6.04 Å². The van der Waals surface area contributed by atoms with Gasteiger partial charge in [-0.1, -0.05) is 62.9 Å².